The predicted octanol–water partition coefficient (Wildman–Crippen LogP) is 4.21. The van der Waals surface area contributed by atoms with Crippen molar-refractivity contribution in [2.24, 2.45) is 0 Å². The van der Waals surface area contributed by atoms with E-state index in [4.69, 9.17) is 4.98 Å². The van der Waals surface area contributed by atoms with Crippen LogP contribution in [0.1, 0.15) is 29.5 Å². The van der Waals surface area contributed by atoms with Gasteiger partial charge in [-0.05, 0) is 49.9 Å². The van der Waals surface area contributed by atoms with Crippen LogP contribution in [-0.4, -0.2) is 58.5 Å². The largest absolute Gasteiger partial charge is 0.327 e. The first-order valence-corrected chi connectivity index (χ1v) is 11.3. The van der Waals surface area contributed by atoms with Crippen molar-refractivity contribution in [1.29, 1.82) is 0 Å². The molecule has 0 aliphatic carbocycles. The maximum Gasteiger partial charge on any atom is 0.255 e. The Morgan fingerprint density at radius 3 is 2.67 bits per heavy atom. The molecule has 1 saturated heterocycles. The number of rotatable bonds is 6. The minimum Gasteiger partial charge on any atom is -0.327 e. The Morgan fingerprint density at radius 1 is 1.13 bits per heavy atom. The van der Waals surface area contributed by atoms with E-state index in [1.54, 1.807) is 0 Å². The van der Waals surface area contributed by atoms with Gasteiger partial charge in [-0.3, -0.25) is 9.69 Å². The van der Waals surface area contributed by atoms with Gasteiger partial charge in [-0.15, -0.1) is 0 Å². The number of amides is 1. The highest BCUT2D eigenvalue weighted by Crippen LogP contribution is 2.23. The van der Waals surface area contributed by atoms with Crippen LogP contribution in [0.2, 0.25) is 0 Å². The van der Waals surface area contributed by atoms with Crippen LogP contribution < -0.4 is 5.32 Å². The molecule has 30 heavy (non-hydrogen) atoms. The molecular formula is C23H28BrN5O. The summed E-state index contributed by atoms with van der Waals surface area (Å²) in [6.45, 7) is 8.34. The van der Waals surface area contributed by atoms with E-state index in [2.05, 4.69) is 55.7 Å². The second kappa shape index (κ2) is 9.29. The zero-order chi connectivity index (χ0) is 21.1. The van der Waals surface area contributed by atoms with Crippen LogP contribution in [0.15, 0.2) is 46.9 Å². The van der Waals surface area contributed by atoms with E-state index in [1.807, 2.05) is 36.4 Å². The SMILES string of the molecule is CCCn1c(CN2CCN(C)CC2)nc2cc(NC(=O)c3cccc(Br)c3)ccc21. The molecule has 0 atom stereocenters. The molecule has 1 aliphatic heterocycles. The Kier molecular flexibility index (Phi) is 6.51. The molecule has 1 amide bonds. The first kappa shape index (κ1) is 21.0. The van der Waals surface area contributed by atoms with Gasteiger partial charge in [-0.2, -0.15) is 0 Å². The number of fused-ring (bicyclic) bond motifs is 1. The number of imidazole rings is 1. The number of nitrogens with one attached hydrogen (secondary N) is 1. The highest BCUT2D eigenvalue weighted by molar-refractivity contribution is 9.10. The minimum absolute atomic E-state index is 0.124. The van der Waals surface area contributed by atoms with Crippen LogP contribution in [0.4, 0.5) is 5.69 Å². The van der Waals surface area contributed by atoms with Crippen molar-refractivity contribution in [2.45, 2.75) is 26.4 Å². The molecule has 158 valence electrons. The molecule has 6 nitrogen and oxygen atoms in total. The van der Waals surface area contributed by atoms with Crippen molar-refractivity contribution in [2.75, 3.05) is 38.5 Å². The van der Waals surface area contributed by atoms with Gasteiger partial charge >= 0.3 is 0 Å². The van der Waals surface area contributed by atoms with Crippen molar-refractivity contribution in [1.82, 2.24) is 19.4 Å². The number of carbonyl (C=O) groups excluding carboxylic acids is 1. The summed E-state index contributed by atoms with van der Waals surface area (Å²) in [5.74, 6) is 0.980. The molecule has 2 aromatic carbocycles. The zero-order valence-electron chi connectivity index (χ0n) is 17.6. The van der Waals surface area contributed by atoms with Gasteiger partial charge in [0.2, 0.25) is 0 Å². The first-order valence-electron chi connectivity index (χ1n) is 10.5. The first-order chi connectivity index (χ1) is 14.5. The van der Waals surface area contributed by atoms with Crippen molar-refractivity contribution >= 4 is 38.6 Å². The fourth-order valence-electron chi connectivity index (χ4n) is 3.89. The Labute approximate surface area is 186 Å². The summed E-state index contributed by atoms with van der Waals surface area (Å²) >= 11 is 3.42. The van der Waals surface area contributed by atoms with E-state index in [1.165, 1.54) is 0 Å². The molecule has 0 radical (unpaired) electrons. The number of carbonyl (C=O) groups is 1. The van der Waals surface area contributed by atoms with Gasteiger partial charge in [-0.1, -0.05) is 28.9 Å². The van der Waals surface area contributed by atoms with Gasteiger partial charge in [0, 0.05) is 48.4 Å². The molecule has 0 unspecified atom stereocenters. The number of nitrogens with zero attached hydrogens (tertiary/aromatic N) is 4. The number of halogens is 1. The topological polar surface area (TPSA) is 53.4 Å². The van der Waals surface area contributed by atoms with E-state index >= 15 is 0 Å². The van der Waals surface area contributed by atoms with E-state index < -0.39 is 0 Å². The highest BCUT2D eigenvalue weighted by atomic mass is 79.9. The number of aromatic nitrogens is 2. The Bertz CT molecular complexity index is 1040. The summed E-state index contributed by atoms with van der Waals surface area (Å²) < 4.78 is 3.21. The molecular weight excluding hydrogens is 442 g/mol. The van der Waals surface area contributed by atoms with Crippen LogP contribution in [0, 0.1) is 0 Å². The van der Waals surface area contributed by atoms with Crippen LogP contribution in [0.5, 0.6) is 0 Å². The third-order valence-corrected chi connectivity index (χ3v) is 6.07. The van der Waals surface area contributed by atoms with Gasteiger partial charge in [0.1, 0.15) is 5.82 Å². The Hall–Kier alpha value is -2.22. The monoisotopic (exact) mass is 469 g/mol. The molecule has 7 heteroatoms. The average molecular weight is 470 g/mol. The molecule has 1 fully saturated rings. The van der Waals surface area contributed by atoms with Gasteiger partial charge < -0.3 is 14.8 Å². The number of anilines is 1. The van der Waals surface area contributed by atoms with Crippen LogP contribution in [-0.2, 0) is 13.1 Å². The van der Waals surface area contributed by atoms with Crippen LogP contribution in [0.3, 0.4) is 0 Å². The van der Waals surface area contributed by atoms with E-state index in [0.29, 0.717) is 5.56 Å². The lowest BCUT2D eigenvalue weighted by Crippen LogP contribution is -2.44. The maximum absolute atomic E-state index is 12.6. The van der Waals surface area contributed by atoms with Gasteiger partial charge in [0.15, 0.2) is 0 Å². The normalized spacial score (nSPS) is 15.6. The molecule has 0 bridgehead atoms. The predicted molar refractivity (Wildman–Crippen MR) is 125 cm³/mol. The van der Waals surface area contributed by atoms with E-state index in [-0.39, 0.29) is 5.91 Å². The average Bonchev–Trinajstić information content (AvgIpc) is 3.06. The van der Waals surface area contributed by atoms with Gasteiger partial charge in [0.25, 0.3) is 5.91 Å². The summed E-state index contributed by atoms with van der Waals surface area (Å²) in [5, 5.41) is 3.00. The molecule has 1 N–H and O–H groups in total. The third kappa shape index (κ3) is 4.74. The summed E-state index contributed by atoms with van der Waals surface area (Å²) in [6, 6.07) is 13.4. The number of aryl methyl sites for hydroxylation is 1. The summed E-state index contributed by atoms with van der Waals surface area (Å²) in [4.78, 5) is 22.4. The maximum atomic E-state index is 12.6. The second-order valence-corrected chi connectivity index (χ2v) is 8.84. The summed E-state index contributed by atoms with van der Waals surface area (Å²) in [5.41, 5.74) is 3.44. The lowest BCUT2D eigenvalue weighted by atomic mass is 10.2. The van der Waals surface area contributed by atoms with E-state index in [9.17, 15) is 4.79 Å². The molecule has 0 saturated carbocycles. The number of piperazine rings is 1. The van der Waals surface area contributed by atoms with Gasteiger partial charge in [-0.25, -0.2) is 4.98 Å². The molecule has 3 aromatic rings. The fourth-order valence-corrected chi connectivity index (χ4v) is 4.29. The number of benzene rings is 2. The lowest BCUT2D eigenvalue weighted by Gasteiger charge is -2.32. The number of hydrogen-bond acceptors (Lipinski definition) is 4. The minimum atomic E-state index is -0.124. The fraction of sp³-hybridized carbons (Fsp3) is 0.391. The zero-order valence-corrected chi connectivity index (χ0v) is 19.2. The van der Waals surface area contributed by atoms with Crippen molar-refractivity contribution in [3.8, 4) is 0 Å². The Balaban J connectivity index is 1.56. The summed E-state index contributed by atoms with van der Waals surface area (Å²) in [7, 11) is 2.17. The molecule has 4 rings (SSSR count). The van der Waals surface area contributed by atoms with Crippen molar-refractivity contribution in [3.63, 3.8) is 0 Å². The van der Waals surface area contributed by atoms with Crippen molar-refractivity contribution in [3.05, 3.63) is 58.3 Å². The molecule has 1 aliphatic rings. The molecule has 2 heterocycles. The standard InChI is InChI=1S/C23H28BrN5O/c1-3-9-29-21-8-7-19(25-23(30)17-5-4-6-18(24)14-17)15-20(21)26-22(29)16-28-12-10-27(2)11-13-28/h4-8,14-15H,3,9-13,16H2,1-2H3,(H,25,30). The summed E-state index contributed by atoms with van der Waals surface area (Å²) in [6.07, 6.45) is 1.06. The van der Waals surface area contributed by atoms with Crippen LogP contribution >= 0.6 is 15.9 Å². The number of hydrogen-bond donors (Lipinski definition) is 1. The molecule has 0 spiro atoms. The van der Waals surface area contributed by atoms with Gasteiger partial charge in [0.05, 0.1) is 17.6 Å². The second-order valence-electron chi connectivity index (χ2n) is 7.93. The van der Waals surface area contributed by atoms with Crippen LogP contribution in [0.25, 0.3) is 11.0 Å². The molecule has 1 aromatic heterocycles. The third-order valence-electron chi connectivity index (χ3n) is 5.58. The quantitative estimate of drug-likeness (QED) is 0.587. The lowest BCUT2D eigenvalue weighted by molar-refractivity contribution is 0.102. The highest BCUT2D eigenvalue weighted by Gasteiger charge is 2.18. The Morgan fingerprint density at radius 2 is 1.93 bits per heavy atom. The van der Waals surface area contributed by atoms with Crippen molar-refractivity contribution < 1.29 is 4.79 Å². The smallest absolute Gasteiger partial charge is 0.255 e. The number of likely N-dealkylation sites (N-methyl/N-ethyl adjacent to an activating group) is 1. The van der Waals surface area contributed by atoms with E-state index in [0.717, 1.165) is 72.7 Å².